The normalized spacial score (nSPS) is 19.1. The number of fused-ring (bicyclic) bond motifs is 1. The summed E-state index contributed by atoms with van der Waals surface area (Å²) in [6.45, 7) is 6.23. The van der Waals surface area contributed by atoms with Crippen molar-refractivity contribution in [2.24, 2.45) is 0 Å². The van der Waals surface area contributed by atoms with Gasteiger partial charge in [0.2, 0.25) is 5.88 Å². The molecule has 0 aliphatic carbocycles. The third kappa shape index (κ3) is 4.13. The van der Waals surface area contributed by atoms with Crippen molar-refractivity contribution < 1.29 is 19.0 Å². The monoisotopic (exact) mass is 371 g/mol. The van der Waals surface area contributed by atoms with Crippen molar-refractivity contribution >= 4 is 17.1 Å². The molecule has 1 aromatic carbocycles. The Bertz CT molecular complexity index is 839. The maximum Gasteiger partial charge on any atom is 0.409 e. The summed E-state index contributed by atoms with van der Waals surface area (Å²) in [4.78, 5) is 22.9. The van der Waals surface area contributed by atoms with E-state index in [2.05, 4.69) is 11.6 Å². The second-order valence-electron chi connectivity index (χ2n) is 6.60. The van der Waals surface area contributed by atoms with Crippen molar-refractivity contribution in [3.8, 4) is 11.6 Å². The molecule has 1 fully saturated rings. The summed E-state index contributed by atoms with van der Waals surface area (Å²) in [6, 6.07) is 5.64. The second kappa shape index (κ2) is 8.24. The van der Waals surface area contributed by atoms with Crippen LogP contribution in [0.5, 0.6) is 11.6 Å². The molecule has 3 rings (SSSR count). The molecule has 0 unspecified atom stereocenters. The first-order valence-corrected chi connectivity index (χ1v) is 9.02. The molecule has 2 atom stereocenters. The van der Waals surface area contributed by atoms with E-state index in [0.717, 1.165) is 17.6 Å². The van der Waals surface area contributed by atoms with Crippen LogP contribution in [0.15, 0.2) is 30.9 Å². The molecule has 0 radical (unpaired) electrons. The van der Waals surface area contributed by atoms with E-state index in [9.17, 15) is 4.79 Å². The average Bonchev–Trinajstić information content (AvgIpc) is 3.05. The number of nitrogens with zero attached hydrogens (tertiary/aromatic N) is 3. The summed E-state index contributed by atoms with van der Waals surface area (Å²) in [6.07, 6.45) is 3.54. The summed E-state index contributed by atoms with van der Waals surface area (Å²) in [5, 5.41) is 0. The van der Waals surface area contributed by atoms with Crippen LogP contribution in [0, 0.1) is 0 Å². The number of rotatable bonds is 6. The number of benzene rings is 1. The van der Waals surface area contributed by atoms with Crippen molar-refractivity contribution in [3.63, 3.8) is 0 Å². The van der Waals surface area contributed by atoms with Gasteiger partial charge in [0, 0.05) is 18.5 Å². The molecule has 1 aromatic heterocycles. The highest BCUT2D eigenvalue weighted by molar-refractivity contribution is 5.76. The molecule has 1 saturated heterocycles. The lowest BCUT2D eigenvalue weighted by Gasteiger charge is -2.19. The van der Waals surface area contributed by atoms with Gasteiger partial charge in [0.1, 0.15) is 17.5 Å². The van der Waals surface area contributed by atoms with E-state index in [0.29, 0.717) is 36.5 Å². The molecule has 2 heterocycles. The lowest BCUT2D eigenvalue weighted by molar-refractivity contribution is 0.116. The predicted octanol–water partition coefficient (Wildman–Crippen LogP) is 3.37. The number of aromatic nitrogens is 2. The van der Waals surface area contributed by atoms with Gasteiger partial charge in [-0.15, -0.1) is 6.58 Å². The predicted molar refractivity (Wildman–Crippen MR) is 102 cm³/mol. The van der Waals surface area contributed by atoms with Gasteiger partial charge in [-0.05, 0) is 31.9 Å². The first-order chi connectivity index (χ1) is 13.0. The molecule has 0 spiro atoms. The van der Waals surface area contributed by atoms with Crippen LogP contribution in [0.4, 0.5) is 4.79 Å². The molecule has 1 amide bonds. The lowest BCUT2D eigenvalue weighted by Crippen LogP contribution is -2.34. The fourth-order valence-corrected chi connectivity index (χ4v) is 3.27. The number of carbonyl (C=O) groups excluding carboxylic acids is 1. The van der Waals surface area contributed by atoms with Gasteiger partial charge in [0.15, 0.2) is 0 Å². The Kier molecular flexibility index (Phi) is 5.78. The van der Waals surface area contributed by atoms with Crippen molar-refractivity contribution in [1.29, 1.82) is 0 Å². The molecule has 2 aromatic rings. The molecular formula is C20H25N3O4. The number of carbonyl (C=O) groups is 1. The number of hydrogen-bond donors (Lipinski definition) is 0. The maximum absolute atomic E-state index is 11.9. The summed E-state index contributed by atoms with van der Waals surface area (Å²) in [5.41, 5.74) is 2.29. The van der Waals surface area contributed by atoms with Gasteiger partial charge in [-0.2, -0.15) is 0 Å². The molecule has 1 aliphatic rings. The summed E-state index contributed by atoms with van der Waals surface area (Å²) in [7, 11) is 3.00. The highest BCUT2D eigenvalue weighted by atomic mass is 16.5. The van der Waals surface area contributed by atoms with Crippen LogP contribution in [0.1, 0.15) is 25.5 Å². The van der Waals surface area contributed by atoms with Crippen LogP contribution in [0.3, 0.4) is 0 Å². The number of aryl methyl sites for hydroxylation is 1. The highest BCUT2D eigenvalue weighted by Gasteiger charge is 2.35. The standard InChI is InChI=1S/C20H25N3O4/c1-5-6-7-17-19(22-18-11-14(25-3)8-9-16(18)21-17)27-15-10-13(2)23(12-15)20(24)26-4/h5,8-9,11,13,15H,1,6-7,10,12H2,2-4H3/t13-,15-/m1/s1. The number of allylic oxidation sites excluding steroid dienone is 1. The zero-order chi connectivity index (χ0) is 19.4. The molecule has 7 nitrogen and oxygen atoms in total. The SMILES string of the molecule is C=CCCc1nc2ccc(OC)cc2nc1O[C@@H]1C[C@@H](C)N(C(=O)OC)C1. The van der Waals surface area contributed by atoms with Crippen LogP contribution in [0.25, 0.3) is 11.0 Å². The third-order valence-electron chi connectivity index (χ3n) is 4.72. The number of hydrogen-bond acceptors (Lipinski definition) is 6. The maximum atomic E-state index is 11.9. The minimum atomic E-state index is -0.338. The van der Waals surface area contributed by atoms with E-state index >= 15 is 0 Å². The number of ether oxygens (including phenoxy) is 3. The highest BCUT2D eigenvalue weighted by Crippen LogP contribution is 2.27. The Balaban J connectivity index is 1.89. The minimum absolute atomic E-state index is 0.0487. The van der Waals surface area contributed by atoms with Gasteiger partial charge < -0.3 is 19.1 Å². The van der Waals surface area contributed by atoms with Gasteiger partial charge in [-0.25, -0.2) is 14.8 Å². The number of likely N-dealkylation sites (tertiary alicyclic amines) is 1. The average molecular weight is 371 g/mol. The Labute approximate surface area is 158 Å². The van der Waals surface area contributed by atoms with E-state index in [-0.39, 0.29) is 18.2 Å². The fourth-order valence-electron chi connectivity index (χ4n) is 3.27. The van der Waals surface area contributed by atoms with Crippen molar-refractivity contribution in [3.05, 3.63) is 36.5 Å². The van der Waals surface area contributed by atoms with Gasteiger partial charge in [0.05, 0.1) is 31.8 Å². The van der Waals surface area contributed by atoms with Crippen LogP contribution in [-0.2, 0) is 11.2 Å². The van der Waals surface area contributed by atoms with Gasteiger partial charge in [-0.1, -0.05) is 6.08 Å². The fraction of sp³-hybridized carbons (Fsp3) is 0.450. The molecule has 0 N–H and O–H groups in total. The largest absolute Gasteiger partial charge is 0.497 e. The van der Waals surface area contributed by atoms with Crippen LogP contribution < -0.4 is 9.47 Å². The Morgan fingerprint density at radius 1 is 1.33 bits per heavy atom. The first-order valence-electron chi connectivity index (χ1n) is 9.02. The van der Waals surface area contributed by atoms with Crippen LogP contribution in [0.2, 0.25) is 0 Å². The van der Waals surface area contributed by atoms with Crippen molar-refractivity contribution in [2.45, 2.75) is 38.3 Å². The number of methoxy groups -OCH3 is 2. The number of amides is 1. The van der Waals surface area contributed by atoms with E-state index in [4.69, 9.17) is 19.2 Å². The van der Waals surface area contributed by atoms with Crippen molar-refractivity contribution in [2.75, 3.05) is 20.8 Å². The molecule has 144 valence electrons. The summed E-state index contributed by atoms with van der Waals surface area (Å²) < 4.78 is 16.3. The molecule has 0 bridgehead atoms. The Hall–Kier alpha value is -2.83. The summed E-state index contributed by atoms with van der Waals surface area (Å²) in [5.74, 6) is 1.22. The molecule has 27 heavy (non-hydrogen) atoms. The van der Waals surface area contributed by atoms with Crippen LogP contribution >= 0.6 is 0 Å². The van der Waals surface area contributed by atoms with E-state index in [1.165, 1.54) is 7.11 Å². The van der Waals surface area contributed by atoms with Crippen molar-refractivity contribution in [1.82, 2.24) is 14.9 Å². The van der Waals surface area contributed by atoms with Crippen LogP contribution in [-0.4, -0.2) is 53.9 Å². The second-order valence-corrected chi connectivity index (χ2v) is 6.60. The zero-order valence-corrected chi connectivity index (χ0v) is 16.0. The first kappa shape index (κ1) is 18.9. The third-order valence-corrected chi connectivity index (χ3v) is 4.72. The topological polar surface area (TPSA) is 73.8 Å². The Morgan fingerprint density at radius 3 is 2.85 bits per heavy atom. The van der Waals surface area contributed by atoms with Gasteiger partial charge in [0.25, 0.3) is 0 Å². The van der Waals surface area contributed by atoms with E-state index in [1.54, 1.807) is 12.0 Å². The summed E-state index contributed by atoms with van der Waals surface area (Å²) >= 11 is 0. The zero-order valence-electron chi connectivity index (χ0n) is 16.0. The molecular weight excluding hydrogens is 346 g/mol. The molecule has 0 saturated carbocycles. The molecule has 1 aliphatic heterocycles. The van der Waals surface area contributed by atoms with Gasteiger partial charge >= 0.3 is 6.09 Å². The van der Waals surface area contributed by atoms with E-state index in [1.807, 2.05) is 31.2 Å². The van der Waals surface area contributed by atoms with E-state index < -0.39 is 0 Å². The smallest absolute Gasteiger partial charge is 0.409 e. The minimum Gasteiger partial charge on any atom is -0.497 e. The quantitative estimate of drug-likeness (QED) is 0.725. The lowest BCUT2D eigenvalue weighted by atomic mass is 10.2. The Morgan fingerprint density at radius 2 is 2.15 bits per heavy atom. The van der Waals surface area contributed by atoms with Gasteiger partial charge in [-0.3, -0.25) is 0 Å². The molecule has 7 heteroatoms.